The van der Waals surface area contributed by atoms with Crippen molar-refractivity contribution in [2.75, 3.05) is 20.2 Å². The van der Waals surface area contributed by atoms with E-state index >= 15 is 0 Å². The summed E-state index contributed by atoms with van der Waals surface area (Å²) in [6.07, 6.45) is 9.07. The maximum atomic E-state index is 12.8. The molecule has 4 rings (SSSR count). The number of nitrogens with one attached hydrogen (secondary N) is 3. The van der Waals surface area contributed by atoms with Gasteiger partial charge in [-0.15, -0.1) is 0 Å². The predicted molar refractivity (Wildman–Crippen MR) is 168 cm³/mol. The van der Waals surface area contributed by atoms with E-state index in [1.807, 2.05) is 48.5 Å². The molecule has 3 N–H and O–H groups in total. The second-order valence-electron chi connectivity index (χ2n) is 9.81. The lowest BCUT2D eigenvalue weighted by Gasteiger charge is -2.18. The molecule has 0 aromatic carbocycles. The zero-order valence-electron chi connectivity index (χ0n) is 24.3. The molecular formula is C31H34N8O4S. The van der Waals surface area contributed by atoms with Crippen molar-refractivity contribution in [1.29, 1.82) is 0 Å². The van der Waals surface area contributed by atoms with Crippen LogP contribution in [0.3, 0.4) is 0 Å². The zero-order valence-corrected chi connectivity index (χ0v) is 25.1. The van der Waals surface area contributed by atoms with Crippen LogP contribution in [0.4, 0.5) is 0 Å². The van der Waals surface area contributed by atoms with Crippen molar-refractivity contribution < 1.29 is 19.1 Å². The average molecular weight is 615 g/mol. The maximum absolute atomic E-state index is 12.8. The molecule has 0 unspecified atom stereocenters. The summed E-state index contributed by atoms with van der Waals surface area (Å²) in [5, 5.41) is 13.0. The lowest BCUT2D eigenvalue weighted by Crippen LogP contribution is -2.48. The van der Waals surface area contributed by atoms with Crippen molar-refractivity contribution in [3.05, 3.63) is 84.9 Å². The number of ether oxygens (including phenoxy) is 1. The van der Waals surface area contributed by atoms with Crippen LogP contribution in [-0.2, 0) is 32.1 Å². The molecule has 1 atom stereocenters. The fraction of sp³-hybridized carbons (Fsp3) is 0.290. The van der Waals surface area contributed by atoms with E-state index in [9.17, 15) is 14.4 Å². The second kappa shape index (κ2) is 16.6. The number of hydrogen-bond acceptors (Lipinski definition) is 9. The molecule has 2 amide bonds. The number of unbranched alkanes of at least 4 members (excludes halogenated alkanes) is 1. The van der Waals surface area contributed by atoms with Crippen LogP contribution in [0.25, 0.3) is 22.8 Å². The summed E-state index contributed by atoms with van der Waals surface area (Å²) < 4.78 is 6.08. The number of carbonyl (C=O) groups excluding carboxylic acids is 3. The molecule has 0 aliphatic heterocycles. The third-order valence-electron chi connectivity index (χ3n) is 6.52. The number of thiocarbonyl (C=S) groups is 1. The first kappa shape index (κ1) is 31.9. The van der Waals surface area contributed by atoms with E-state index < -0.39 is 17.9 Å². The first-order valence-corrected chi connectivity index (χ1v) is 14.5. The van der Waals surface area contributed by atoms with E-state index in [1.54, 1.807) is 30.9 Å². The fourth-order valence-electron chi connectivity index (χ4n) is 4.30. The molecule has 0 spiro atoms. The van der Waals surface area contributed by atoms with Crippen LogP contribution in [0, 0.1) is 0 Å². The van der Waals surface area contributed by atoms with E-state index in [0.29, 0.717) is 48.6 Å². The lowest BCUT2D eigenvalue weighted by molar-refractivity contribution is -0.141. The fourth-order valence-corrected chi connectivity index (χ4v) is 4.57. The molecule has 13 heteroatoms. The van der Waals surface area contributed by atoms with Crippen LogP contribution in [0.5, 0.6) is 0 Å². The van der Waals surface area contributed by atoms with Gasteiger partial charge in [0.05, 0.1) is 29.2 Å². The number of methoxy groups -OCH3 is 1. The summed E-state index contributed by atoms with van der Waals surface area (Å²) in [5.74, 6) is -1.44. The summed E-state index contributed by atoms with van der Waals surface area (Å²) in [7, 11) is 1.24. The van der Waals surface area contributed by atoms with E-state index in [1.165, 1.54) is 11.8 Å². The highest BCUT2D eigenvalue weighted by molar-refractivity contribution is 7.80. The van der Waals surface area contributed by atoms with E-state index in [-0.39, 0.29) is 19.0 Å². The summed E-state index contributed by atoms with van der Waals surface area (Å²) in [6.45, 7) is 0.229. The molecule has 0 bridgehead atoms. The number of nitrogens with zero attached hydrogens (tertiary/aromatic N) is 5. The Labute approximate surface area is 260 Å². The molecule has 0 aliphatic carbocycles. The SMILES string of the molecule is COC(=O)CNC(=O)[C@H](CCCCNC(=S)Cc1ccnc(-c2ccccn2)c1)NC(=O)Cn1ccc(-c2ccccn2)n1. The van der Waals surface area contributed by atoms with Crippen molar-refractivity contribution in [2.24, 2.45) is 0 Å². The standard InChI is InChI=1S/C31H34N8O4S/c1-43-30(41)20-36-31(42)26(37-28(40)21-39-17-12-25(38-39)23-8-2-5-13-32-23)10-4-7-15-35-29(44)19-22-11-16-34-27(18-22)24-9-3-6-14-33-24/h2-3,5-6,8-9,11-14,16-18,26H,4,7,10,15,19-21H2,1H3,(H,35,44)(H,36,42)(H,37,40)/t26-/m0/s1. The van der Waals surface area contributed by atoms with Gasteiger partial charge in [0.25, 0.3) is 0 Å². The highest BCUT2D eigenvalue weighted by Crippen LogP contribution is 2.15. The first-order chi connectivity index (χ1) is 21.4. The summed E-state index contributed by atoms with van der Waals surface area (Å²) in [6, 6.07) is 16.0. The Hall–Kier alpha value is -5.04. The number of hydrogen-bond donors (Lipinski definition) is 3. The number of amides is 2. The van der Waals surface area contributed by atoms with Gasteiger partial charge in [-0.25, -0.2) is 0 Å². The third kappa shape index (κ3) is 10.1. The highest BCUT2D eigenvalue weighted by atomic mass is 32.1. The van der Waals surface area contributed by atoms with Gasteiger partial charge < -0.3 is 20.7 Å². The quantitative estimate of drug-likeness (QED) is 0.103. The Morgan fingerprint density at radius 2 is 1.61 bits per heavy atom. The molecular weight excluding hydrogens is 580 g/mol. The number of esters is 1. The van der Waals surface area contributed by atoms with Gasteiger partial charge in [-0.3, -0.25) is 34.0 Å². The molecule has 0 fully saturated rings. The highest BCUT2D eigenvalue weighted by Gasteiger charge is 2.21. The van der Waals surface area contributed by atoms with E-state index in [4.69, 9.17) is 12.2 Å². The summed E-state index contributed by atoms with van der Waals surface area (Å²) in [5.41, 5.74) is 3.92. The minimum absolute atomic E-state index is 0.0828. The Morgan fingerprint density at radius 1 is 0.886 bits per heavy atom. The van der Waals surface area contributed by atoms with Crippen molar-refractivity contribution >= 4 is 35.0 Å². The molecule has 4 heterocycles. The van der Waals surface area contributed by atoms with Crippen LogP contribution in [0.15, 0.2) is 79.4 Å². The van der Waals surface area contributed by atoms with Crippen LogP contribution >= 0.6 is 12.2 Å². The number of carbonyl (C=O) groups is 3. The Kier molecular flexibility index (Phi) is 12.0. The molecule has 0 saturated carbocycles. The minimum Gasteiger partial charge on any atom is -0.468 e. The zero-order chi connectivity index (χ0) is 31.1. The van der Waals surface area contributed by atoms with Crippen LogP contribution in [0.1, 0.15) is 24.8 Å². The largest absolute Gasteiger partial charge is 0.468 e. The van der Waals surface area contributed by atoms with Gasteiger partial charge in [0.1, 0.15) is 24.8 Å². The second-order valence-corrected chi connectivity index (χ2v) is 10.3. The van der Waals surface area contributed by atoms with Gasteiger partial charge in [0, 0.05) is 37.8 Å². The Morgan fingerprint density at radius 3 is 2.32 bits per heavy atom. The van der Waals surface area contributed by atoms with Crippen LogP contribution < -0.4 is 16.0 Å². The number of rotatable bonds is 15. The van der Waals surface area contributed by atoms with E-state index in [2.05, 4.69) is 40.7 Å². The molecule has 4 aromatic heterocycles. The predicted octanol–water partition coefficient (Wildman–Crippen LogP) is 2.51. The topological polar surface area (TPSA) is 153 Å². The van der Waals surface area contributed by atoms with Crippen molar-refractivity contribution in [3.63, 3.8) is 0 Å². The van der Waals surface area contributed by atoms with Crippen molar-refractivity contribution in [2.45, 2.75) is 38.3 Å². The normalized spacial score (nSPS) is 11.3. The van der Waals surface area contributed by atoms with Gasteiger partial charge in [-0.2, -0.15) is 5.10 Å². The van der Waals surface area contributed by atoms with Gasteiger partial charge in [0.2, 0.25) is 11.8 Å². The van der Waals surface area contributed by atoms with E-state index in [0.717, 1.165) is 17.0 Å². The van der Waals surface area contributed by atoms with Gasteiger partial charge >= 0.3 is 5.97 Å². The Bertz CT molecular complexity index is 1550. The van der Waals surface area contributed by atoms with Crippen molar-refractivity contribution in [3.8, 4) is 22.8 Å². The average Bonchev–Trinajstić information content (AvgIpc) is 3.52. The van der Waals surface area contributed by atoms with Crippen LogP contribution in [0.2, 0.25) is 0 Å². The Balaban J connectivity index is 1.25. The van der Waals surface area contributed by atoms with Crippen molar-refractivity contribution in [1.82, 2.24) is 40.7 Å². The molecule has 12 nitrogen and oxygen atoms in total. The minimum atomic E-state index is -0.841. The molecule has 228 valence electrons. The van der Waals surface area contributed by atoms with Gasteiger partial charge in [0.15, 0.2) is 0 Å². The molecule has 4 aromatic rings. The van der Waals surface area contributed by atoms with Gasteiger partial charge in [-0.05, 0) is 67.3 Å². The smallest absolute Gasteiger partial charge is 0.325 e. The van der Waals surface area contributed by atoms with Gasteiger partial charge in [-0.1, -0.05) is 24.4 Å². The number of pyridine rings is 3. The monoisotopic (exact) mass is 614 g/mol. The molecule has 0 radical (unpaired) electrons. The number of aromatic nitrogens is 5. The molecule has 0 aliphatic rings. The van der Waals surface area contributed by atoms with Crippen LogP contribution in [-0.4, -0.2) is 73.7 Å². The molecule has 0 saturated heterocycles. The lowest BCUT2D eigenvalue weighted by atomic mass is 10.1. The summed E-state index contributed by atoms with van der Waals surface area (Å²) >= 11 is 5.54. The third-order valence-corrected chi connectivity index (χ3v) is 6.81. The first-order valence-electron chi connectivity index (χ1n) is 14.1. The molecule has 44 heavy (non-hydrogen) atoms. The maximum Gasteiger partial charge on any atom is 0.325 e. The summed E-state index contributed by atoms with van der Waals surface area (Å²) in [4.78, 5) is 50.9.